The molecule has 2 rings (SSSR count). The van der Waals surface area contributed by atoms with Crippen LogP contribution in [-0.2, 0) is 4.79 Å². The summed E-state index contributed by atoms with van der Waals surface area (Å²) in [6, 6.07) is 5.21. The Hall–Kier alpha value is -1.07. The maximum Gasteiger partial charge on any atom is 0.255 e. The molecule has 0 radical (unpaired) electrons. The predicted octanol–water partition coefficient (Wildman–Crippen LogP) is 2.41. The van der Waals surface area contributed by atoms with Gasteiger partial charge in [-0.25, -0.2) is 0 Å². The number of benzene rings is 1. The highest BCUT2D eigenvalue weighted by molar-refractivity contribution is 9.10. The van der Waals surface area contributed by atoms with Gasteiger partial charge in [0.25, 0.3) is 5.91 Å². The third kappa shape index (κ3) is 3.09. The second-order valence-electron chi connectivity index (χ2n) is 4.50. The zero-order valence-corrected chi connectivity index (χ0v) is 12.9. The fourth-order valence-electron chi connectivity index (χ4n) is 2.00. The van der Waals surface area contributed by atoms with Gasteiger partial charge in [-0.3, -0.25) is 9.59 Å². The molecule has 0 aromatic heterocycles. The van der Waals surface area contributed by atoms with E-state index < -0.39 is 0 Å². The van der Waals surface area contributed by atoms with Gasteiger partial charge in [0.15, 0.2) is 0 Å². The Labute approximate surface area is 125 Å². The van der Waals surface area contributed by atoms with E-state index in [-0.39, 0.29) is 18.4 Å². The van der Waals surface area contributed by atoms with Crippen LogP contribution in [-0.4, -0.2) is 48.3 Å². The van der Waals surface area contributed by atoms with Gasteiger partial charge in [0.05, 0.1) is 10.6 Å². The zero-order valence-electron chi connectivity index (χ0n) is 10.5. The summed E-state index contributed by atoms with van der Waals surface area (Å²) in [6.45, 7) is 1.35. The van der Waals surface area contributed by atoms with Gasteiger partial charge < -0.3 is 9.80 Å². The van der Waals surface area contributed by atoms with Gasteiger partial charge in [0, 0.05) is 24.6 Å². The first-order chi connectivity index (χ1) is 9.00. The Kier molecular flexibility index (Phi) is 4.47. The lowest BCUT2D eigenvalue weighted by Gasteiger charge is -2.20. The summed E-state index contributed by atoms with van der Waals surface area (Å²) in [7, 11) is 1.75. The fourth-order valence-corrected chi connectivity index (χ4v) is 2.57. The fraction of sp³-hybridized carbons (Fsp3) is 0.385. The second-order valence-corrected chi connectivity index (χ2v) is 5.73. The zero-order chi connectivity index (χ0) is 14.0. The molecule has 1 heterocycles. The number of nitrogens with zero attached hydrogens (tertiary/aromatic N) is 2. The Morgan fingerprint density at radius 3 is 2.84 bits per heavy atom. The van der Waals surface area contributed by atoms with Crippen LogP contribution >= 0.6 is 27.5 Å². The molecule has 0 atom stereocenters. The lowest BCUT2D eigenvalue weighted by atomic mass is 10.2. The third-order valence-electron chi connectivity index (χ3n) is 3.14. The smallest absolute Gasteiger partial charge is 0.255 e. The molecule has 1 aliphatic rings. The van der Waals surface area contributed by atoms with E-state index in [4.69, 9.17) is 11.6 Å². The van der Waals surface area contributed by atoms with Crippen molar-refractivity contribution in [3.8, 4) is 0 Å². The minimum absolute atomic E-state index is 0.0445. The highest BCUT2D eigenvalue weighted by Crippen LogP contribution is 2.27. The first-order valence-corrected chi connectivity index (χ1v) is 7.15. The van der Waals surface area contributed by atoms with Gasteiger partial charge in [-0.2, -0.15) is 0 Å². The van der Waals surface area contributed by atoms with Crippen molar-refractivity contribution in [1.82, 2.24) is 9.80 Å². The molecule has 4 nitrogen and oxygen atoms in total. The Morgan fingerprint density at radius 2 is 2.11 bits per heavy atom. The summed E-state index contributed by atoms with van der Waals surface area (Å²) in [5.41, 5.74) is 0.424. The van der Waals surface area contributed by atoms with Crippen LogP contribution in [0.3, 0.4) is 0 Å². The predicted molar refractivity (Wildman–Crippen MR) is 77.3 cm³/mol. The Bertz CT molecular complexity index is 521. The summed E-state index contributed by atoms with van der Waals surface area (Å²) in [4.78, 5) is 27.4. The molecule has 1 aromatic rings. The second kappa shape index (κ2) is 5.92. The molecule has 2 amide bonds. The van der Waals surface area contributed by atoms with Crippen LogP contribution in [0.25, 0.3) is 0 Å². The average Bonchev–Trinajstić information content (AvgIpc) is 2.55. The van der Waals surface area contributed by atoms with Gasteiger partial charge in [0.1, 0.15) is 6.54 Å². The summed E-state index contributed by atoms with van der Waals surface area (Å²) in [6.07, 6.45) is 0.777. The molecule has 0 aliphatic carbocycles. The molecular weight excluding hydrogens is 332 g/mol. The lowest BCUT2D eigenvalue weighted by Crippen LogP contribution is -2.38. The number of hydrogen-bond acceptors (Lipinski definition) is 2. The van der Waals surface area contributed by atoms with Crippen molar-refractivity contribution in [2.45, 2.75) is 6.42 Å². The van der Waals surface area contributed by atoms with Crippen LogP contribution in [0.2, 0.25) is 5.02 Å². The van der Waals surface area contributed by atoms with E-state index in [1.54, 1.807) is 35.0 Å². The van der Waals surface area contributed by atoms with E-state index in [1.165, 1.54) is 0 Å². The minimum Gasteiger partial charge on any atom is -0.344 e. The maximum absolute atomic E-state index is 12.4. The molecule has 1 saturated heterocycles. The molecule has 6 heteroatoms. The topological polar surface area (TPSA) is 40.6 Å². The maximum atomic E-state index is 12.4. The lowest BCUT2D eigenvalue weighted by molar-refractivity contribution is -0.129. The largest absolute Gasteiger partial charge is 0.344 e. The van der Waals surface area contributed by atoms with E-state index in [0.717, 1.165) is 6.42 Å². The number of amides is 2. The van der Waals surface area contributed by atoms with Crippen molar-refractivity contribution in [1.29, 1.82) is 0 Å². The van der Waals surface area contributed by atoms with E-state index in [9.17, 15) is 9.59 Å². The number of carbonyl (C=O) groups excluding carboxylic acids is 2. The number of carbonyl (C=O) groups is 2. The number of hydrogen-bond donors (Lipinski definition) is 0. The minimum atomic E-state index is -0.199. The van der Waals surface area contributed by atoms with Crippen molar-refractivity contribution in [3.05, 3.63) is 33.3 Å². The van der Waals surface area contributed by atoms with Gasteiger partial charge >= 0.3 is 0 Å². The number of halogens is 2. The van der Waals surface area contributed by atoms with Gasteiger partial charge in [0.2, 0.25) is 5.91 Å². The highest BCUT2D eigenvalue weighted by atomic mass is 79.9. The van der Waals surface area contributed by atoms with E-state index in [2.05, 4.69) is 15.9 Å². The Balaban J connectivity index is 2.24. The summed E-state index contributed by atoms with van der Waals surface area (Å²) >= 11 is 9.42. The quantitative estimate of drug-likeness (QED) is 0.784. The molecule has 1 aliphatic heterocycles. The number of rotatable bonds is 1. The summed E-state index contributed by atoms with van der Waals surface area (Å²) < 4.78 is 0.679. The van der Waals surface area contributed by atoms with Crippen molar-refractivity contribution in [3.63, 3.8) is 0 Å². The SMILES string of the molecule is CN1CCCN(C(=O)c2cccc(Br)c2Cl)CC1=O. The molecule has 0 bridgehead atoms. The van der Waals surface area contributed by atoms with Gasteiger partial charge in [-0.1, -0.05) is 17.7 Å². The molecule has 1 aromatic carbocycles. The molecule has 0 N–H and O–H groups in total. The molecule has 19 heavy (non-hydrogen) atoms. The molecule has 0 spiro atoms. The van der Waals surface area contributed by atoms with Crippen LogP contribution in [0.5, 0.6) is 0 Å². The van der Waals surface area contributed by atoms with E-state index in [1.807, 2.05) is 0 Å². The van der Waals surface area contributed by atoms with Gasteiger partial charge in [-0.05, 0) is 34.5 Å². The van der Waals surface area contributed by atoms with Gasteiger partial charge in [-0.15, -0.1) is 0 Å². The van der Waals surface area contributed by atoms with Crippen LogP contribution < -0.4 is 0 Å². The van der Waals surface area contributed by atoms with Crippen LogP contribution in [0, 0.1) is 0 Å². The van der Waals surface area contributed by atoms with Crippen molar-refractivity contribution in [2.75, 3.05) is 26.7 Å². The number of likely N-dealkylation sites (N-methyl/N-ethyl adjacent to an activating group) is 1. The van der Waals surface area contributed by atoms with E-state index in [0.29, 0.717) is 28.1 Å². The average molecular weight is 346 g/mol. The molecule has 1 fully saturated rings. The standard InChI is InChI=1S/C13H14BrClN2O2/c1-16-6-3-7-17(8-11(16)18)13(19)9-4-2-5-10(14)12(9)15/h2,4-5H,3,6-8H2,1H3. The normalized spacial score (nSPS) is 16.5. The summed E-state index contributed by atoms with van der Waals surface area (Å²) in [5, 5.41) is 0.387. The molecular formula is C13H14BrClN2O2. The van der Waals surface area contributed by atoms with Crippen LogP contribution in [0.15, 0.2) is 22.7 Å². The summed E-state index contributed by atoms with van der Waals surface area (Å²) in [5.74, 6) is -0.244. The molecule has 0 saturated carbocycles. The van der Waals surface area contributed by atoms with Crippen molar-refractivity contribution in [2.24, 2.45) is 0 Å². The van der Waals surface area contributed by atoms with Crippen LogP contribution in [0.1, 0.15) is 16.8 Å². The van der Waals surface area contributed by atoms with Crippen molar-refractivity contribution >= 4 is 39.3 Å². The molecule has 102 valence electrons. The van der Waals surface area contributed by atoms with Crippen LogP contribution in [0.4, 0.5) is 0 Å². The first kappa shape index (κ1) is 14.3. The Morgan fingerprint density at radius 1 is 1.37 bits per heavy atom. The monoisotopic (exact) mass is 344 g/mol. The molecule has 0 unspecified atom stereocenters. The van der Waals surface area contributed by atoms with E-state index >= 15 is 0 Å². The highest BCUT2D eigenvalue weighted by Gasteiger charge is 2.25. The van der Waals surface area contributed by atoms with Crippen molar-refractivity contribution < 1.29 is 9.59 Å². The first-order valence-electron chi connectivity index (χ1n) is 5.98. The third-order valence-corrected chi connectivity index (χ3v) is 4.44.